The molecule has 0 atom stereocenters. The van der Waals surface area contributed by atoms with Crippen molar-refractivity contribution in [3.8, 4) is 0 Å². The molecule has 0 amide bonds. The lowest BCUT2D eigenvalue weighted by Crippen LogP contribution is -2.19. The maximum atomic E-state index is 3.91. The molecule has 0 bridgehead atoms. The summed E-state index contributed by atoms with van der Waals surface area (Å²) in [4.78, 5) is 0. The van der Waals surface area contributed by atoms with Gasteiger partial charge in [-0.05, 0) is 80.6 Å². The summed E-state index contributed by atoms with van der Waals surface area (Å²) in [5, 5.41) is 0. The average Bonchev–Trinajstić information content (AvgIpc) is 2.84. The van der Waals surface area contributed by atoms with Crippen LogP contribution in [0.1, 0.15) is 66.7 Å². The van der Waals surface area contributed by atoms with Crippen molar-refractivity contribution in [2.45, 2.75) is 66.7 Å². The zero-order chi connectivity index (χ0) is 17.0. The lowest BCUT2D eigenvalue weighted by Gasteiger charge is -2.32. The van der Waals surface area contributed by atoms with Gasteiger partial charge in [-0.2, -0.15) is 0 Å². The van der Waals surface area contributed by atoms with Crippen LogP contribution in [0.3, 0.4) is 0 Å². The number of hydrogen-bond donors (Lipinski definition) is 0. The number of allylic oxidation sites excluding steroid dienone is 11. The first-order chi connectivity index (χ1) is 10.8. The normalized spacial score (nSPS) is 24.2. The first kappa shape index (κ1) is 17.8. The molecule has 0 nitrogen and oxygen atoms in total. The van der Waals surface area contributed by atoms with Gasteiger partial charge < -0.3 is 0 Å². The van der Waals surface area contributed by atoms with Crippen molar-refractivity contribution in [2.75, 3.05) is 0 Å². The topological polar surface area (TPSA) is 0 Å². The van der Waals surface area contributed by atoms with E-state index in [4.69, 9.17) is 0 Å². The van der Waals surface area contributed by atoms with Crippen LogP contribution in [0, 0.1) is 5.41 Å². The van der Waals surface area contributed by atoms with Crippen LogP contribution in [0.2, 0.25) is 0 Å². The van der Waals surface area contributed by atoms with Crippen molar-refractivity contribution in [1.29, 1.82) is 0 Å². The quantitative estimate of drug-likeness (QED) is 0.480. The minimum absolute atomic E-state index is 0.321. The van der Waals surface area contributed by atoms with Gasteiger partial charge in [0.2, 0.25) is 0 Å². The van der Waals surface area contributed by atoms with Crippen LogP contribution >= 0.6 is 0 Å². The molecule has 0 spiro atoms. The summed E-state index contributed by atoms with van der Waals surface area (Å²) in [6, 6.07) is 0. The maximum absolute atomic E-state index is 3.91. The van der Waals surface area contributed by atoms with Gasteiger partial charge in [0.05, 0.1) is 0 Å². The van der Waals surface area contributed by atoms with Gasteiger partial charge in [0.15, 0.2) is 0 Å². The molecule has 0 aliphatic heterocycles. The second-order valence-corrected chi connectivity index (χ2v) is 7.72. The molecule has 2 rings (SSSR count). The van der Waals surface area contributed by atoms with Crippen molar-refractivity contribution >= 4 is 0 Å². The third-order valence-electron chi connectivity index (χ3n) is 5.48. The Bertz CT molecular complexity index is 627. The molecule has 23 heavy (non-hydrogen) atoms. The Kier molecular flexibility index (Phi) is 5.68. The van der Waals surface area contributed by atoms with Crippen molar-refractivity contribution in [3.63, 3.8) is 0 Å². The summed E-state index contributed by atoms with van der Waals surface area (Å²) in [7, 11) is 0. The van der Waals surface area contributed by atoms with Crippen molar-refractivity contribution in [1.82, 2.24) is 0 Å². The molecule has 0 radical (unpaired) electrons. The monoisotopic (exact) mass is 308 g/mol. The Morgan fingerprint density at radius 3 is 2.48 bits per heavy atom. The predicted octanol–water partition coefficient (Wildman–Crippen LogP) is 7.24. The van der Waals surface area contributed by atoms with Crippen LogP contribution in [0.15, 0.2) is 70.4 Å². The summed E-state index contributed by atoms with van der Waals surface area (Å²) in [6.45, 7) is 15.4. The van der Waals surface area contributed by atoms with Gasteiger partial charge in [0, 0.05) is 0 Å². The summed E-state index contributed by atoms with van der Waals surface area (Å²) in [5.74, 6) is 0. The number of hydrogen-bond acceptors (Lipinski definition) is 0. The molecule has 0 fully saturated rings. The van der Waals surface area contributed by atoms with E-state index in [1.54, 1.807) is 5.57 Å². The van der Waals surface area contributed by atoms with Crippen molar-refractivity contribution < 1.29 is 0 Å². The Morgan fingerprint density at radius 2 is 1.87 bits per heavy atom. The van der Waals surface area contributed by atoms with Crippen LogP contribution < -0.4 is 0 Å². The smallest absolute Gasteiger partial charge is 0.0104 e. The van der Waals surface area contributed by atoms with E-state index in [1.807, 2.05) is 6.08 Å². The second kappa shape index (κ2) is 7.34. The van der Waals surface area contributed by atoms with Crippen LogP contribution in [0.5, 0.6) is 0 Å². The second-order valence-electron chi connectivity index (χ2n) is 7.72. The Hall–Kier alpha value is -1.56. The van der Waals surface area contributed by atoms with Crippen LogP contribution in [-0.2, 0) is 0 Å². The third-order valence-corrected chi connectivity index (χ3v) is 5.48. The summed E-state index contributed by atoms with van der Waals surface area (Å²) < 4.78 is 0. The molecule has 0 N–H and O–H groups in total. The Labute approximate surface area is 143 Å². The highest BCUT2D eigenvalue weighted by Crippen LogP contribution is 2.40. The van der Waals surface area contributed by atoms with E-state index in [0.717, 1.165) is 12.8 Å². The standard InChI is InChI=1S/C23H32/c1-7-20-13-14-21(19(20)4)12-10-17(2)11-15-22-18(3)9-8-16-23(22,5)6/h7,10-12,15H,1,8-9,13-14,16H2,2-6H3/b15-11+,17-10+,21-12-. The SMILES string of the molecule is C=CC1=C(C)\C(=C/C=C(C)/C=C/C2=C(C)CCCC2(C)C)CC1. The van der Waals surface area contributed by atoms with Crippen molar-refractivity contribution in [3.05, 3.63) is 70.4 Å². The van der Waals surface area contributed by atoms with Crippen molar-refractivity contribution in [2.24, 2.45) is 5.41 Å². The molecule has 0 aromatic rings. The van der Waals surface area contributed by atoms with Gasteiger partial charge in [-0.3, -0.25) is 0 Å². The predicted molar refractivity (Wildman–Crippen MR) is 103 cm³/mol. The van der Waals surface area contributed by atoms with E-state index < -0.39 is 0 Å². The van der Waals surface area contributed by atoms with Gasteiger partial charge in [-0.15, -0.1) is 0 Å². The molecule has 0 aromatic carbocycles. The van der Waals surface area contributed by atoms with Gasteiger partial charge in [0.1, 0.15) is 0 Å². The van der Waals surface area contributed by atoms with E-state index >= 15 is 0 Å². The molecule has 2 aliphatic rings. The number of rotatable bonds is 4. The van der Waals surface area contributed by atoms with E-state index in [1.165, 1.54) is 47.1 Å². The summed E-state index contributed by atoms with van der Waals surface area (Å²) >= 11 is 0. The fourth-order valence-corrected chi connectivity index (χ4v) is 3.83. The molecular weight excluding hydrogens is 276 g/mol. The highest BCUT2D eigenvalue weighted by molar-refractivity contribution is 5.46. The molecule has 0 aromatic heterocycles. The molecule has 0 saturated heterocycles. The van der Waals surface area contributed by atoms with Crippen LogP contribution in [0.4, 0.5) is 0 Å². The highest BCUT2D eigenvalue weighted by Gasteiger charge is 2.26. The zero-order valence-corrected chi connectivity index (χ0v) is 15.6. The fourth-order valence-electron chi connectivity index (χ4n) is 3.83. The van der Waals surface area contributed by atoms with E-state index in [2.05, 4.69) is 65.5 Å². The zero-order valence-electron chi connectivity index (χ0n) is 15.6. The largest absolute Gasteiger partial charge is 0.0988 e. The molecule has 0 unspecified atom stereocenters. The van der Waals surface area contributed by atoms with E-state index in [9.17, 15) is 0 Å². The Balaban J connectivity index is 2.14. The maximum Gasteiger partial charge on any atom is -0.0104 e. The summed E-state index contributed by atoms with van der Waals surface area (Å²) in [6.07, 6.45) is 17.4. The molecule has 0 saturated carbocycles. The minimum atomic E-state index is 0.321. The highest BCUT2D eigenvalue weighted by atomic mass is 14.3. The molecule has 0 heteroatoms. The molecule has 0 heterocycles. The van der Waals surface area contributed by atoms with Gasteiger partial charge in [-0.25, -0.2) is 0 Å². The first-order valence-corrected chi connectivity index (χ1v) is 8.93. The average molecular weight is 309 g/mol. The van der Waals surface area contributed by atoms with Gasteiger partial charge in [-0.1, -0.05) is 62.0 Å². The molecule has 124 valence electrons. The van der Waals surface area contributed by atoms with Crippen LogP contribution in [0.25, 0.3) is 0 Å². The molecular formula is C23H32. The van der Waals surface area contributed by atoms with E-state index in [0.29, 0.717) is 5.41 Å². The lowest BCUT2D eigenvalue weighted by molar-refractivity contribution is 0.377. The molecule has 2 aliphatic carbocycles. The van der Waals surface area contributed by atoms with Gasteiger partial charge >= 0.3 is 0 Å². The van der Waals surface area contributed by atoms with E-state index in [-0.39, 0.29) is 0 Å². The minimum Gasteiger partial charge on any atom is -0.0988 e. The van der Waals surface area contributed by atoms with Crippen LogP contribution in [-0.4, -0.2) is 0 Å². The fraction of sp³-hybridized carbons (Fsp3) is 0.478. The van der Waals surface area contributed by atoms with Gasteiger partial charge in [0.25, 0.3) is 0 Å². The lowest BCUT2D eigenvalue weighted by atomic mass is 9.72. The first-order valence-electron chi connectivity index (χ1n) is 8.93. The Morgan fingerprint density at radius 1 is 1.13 bits per heavy atom. The summed E-state index contributed by atoms with van der Waals surface area (Å²) in [5.41, 5.74) is 9.02. The third kappa shape index (κ3) is 4.25.